The van der Waals surface area contributed by atoms with Gasteiger partial charge in [0.25, 0.3) is 0 Å². The highest BCUT2D eigenvalue weighted by Crippen LogP contribution is 2.21. The lowest BCUT2D eigenvalue weighted by molar-refractivity contribution is -0.117. The number of carbonyl (C=O) groups excluding carboxylic acids is 1. The molecular formula is C20H27N3O2. The van der Waals surface area contributed by atoms with E-state index < -0.39 is 0 Å². The van der Waals surface area contributed by atoms with E-state index in [2.05, 4.69) is 22.3 Å². The molecule has 2 heterocycles. The molecule has 1 N–H and O–H groups in total. The molecule has 1 fully saturated rings. The van der Waals surface area contributed by atoms with E-state index in [1.54, 1.807) is 6.26 Å². The first-order valence-corrected chi connectivity index (χ1v) is 9.06. The molecule has 0 unspecified atom stereocenters. The standard InChI is InChI=1S/C20H27N3O2/c1-22(15-19-7-6-14-25-19)16-20(24)21-17-8-10-18(11-9-17)23-12-4-2-3-5-13-23/h6-11,14H,2-5,12-13,15-16H2,1H3,(H,21,24). The van der Waals surface area contributed by atoms with E-state index in [0.717, 1.165) is 24.5 Å². The molecule has 1 aromatic carbocycles. The molecule has 1 amide bonds. The van der Waals surface area contributed by atoms with Crippen LogP contribution >= 0.6 is 0 Å². The number of nitrogens with zero attached hydrogens (tertiary/aromatic N) is 2. The molecule has 0 saturated carbocycles. The summed E-state index contributed by atoms with van der Waals surface area (Å²) in [6, 6.07) is 12.0. The third-order valence-corrected chi connectivity index (χ3v) is 4.54. The van der Waals surface area contributed by atoms with Crippen molar-refractivity contribution in [2.45, 2.75) is 32.2 Å². The van der Waals surface area contributed by atoms with Crippen LogP contribution in [0.1, 0.15) is 31.4 Å². The van der Waals surface area contributed by atoms with Crippen molar-refractivity contribution in [1.29, 1.82) is 0 Å². The second kappa shape index (κ2) is 8.72. The number of benzene rings is 1. The number of carbonyl (C=O) groups is 1. The van der Waals surface area contributed by atoms with Crippen LogP contribution in [0.2, 0.25) is 0 Å². The zero-order valence-corrected chi connectivity index (χ0v) is 14.9. The Balaban J connectivity index is 1.49. The van der Waals surface area contributed by atoms with E-state index in [9.17, 15) is 4.79 Å². The van der Waals surface area contributed by atoms with Gasteiger partial charge in [0.2, 0.25) is 5.91 Å². The van der Waals surface area contributed by atoms with E-state index >= 15 is 0 Å². The van der Waals surface area contributed by atoms with E-state index in [1.165, 1.54) is 31.4 Å². The van der Waals surface area contributed by atoms with Gasteiger partial charge in [-0.05, 0) is 56.3 Å². The number of amides is 1. The van der Waals surface area contributed by atoms with Gasteiger partial charge in [0, 0.05) is 24.5 Å². The van der Waals surface area contributed by atoms with Crippen LogP contribution in [0, 0.1) is 0 Å². The molecule has 5 nitrogen and oxygen atoms in total. The van der Waals surface area contributed by atoms with Gasteiger partial charge in [-0.3, -0.25) is 9.69 Å². The Morgan fingerprint density at radius 3 is 2.48 bits per heavy atom. The van der Waals surface area contributed by atoms with Crippen LogP contribution in [0.3, 0.4) is 0 Å². The minimum absolute atomic E-state index is 0.0171. The summed E-state index contributed by atoms with van der Waals surface area (Å²) in [6.07, 6.45) is 6.84. The van der Waals surface area contributed by atoms with Crippen molar-refractivity contribution >= 4 is 17.3 Å². The summed E-state index contributed by atoms with van der Waals surface area (Å²) in [5, 5.41) is 2.97. The maximum Gasteiger partial charge on any atom is 0.238 e. The molecule has 3 rings (SSSR count). The topological polar surface area (TPSA) is 48.7 Å². The van der Waals surface area contributed by atoms with Crippen LogP contribution in [0.5, 0.6) is 0 Å². The van der Waals surface area contributed by atoms with Crippen LogP contribution in [-0.2, 0) is 11.3 Å². The fourth-order valence-electron chi connectivity index (χ4n) is 3.25. The zero-order chi connectivity index (χ0) is 17.5. The number of hydrogen-bond acceptors (Lipinski definition) is 4. The van der Waals surface area contributed by atoms with E-state index in [-0.39, 0.29) is 5.91 Å². The Morgan fingerprint density at radius 2 is 1.84 bits per heavy atom. The number of furan rings is 1. The highest BCUT2D eigenvalue weighted by Gasteiger charge is 2.11. The molecule has 0 atom stereocenters. The summed E-state index contributed by atoms with van der Waals surface area (Å²) in [5.41, 5.74) is 2.09. The molecule has 0 bridgehead atoms. The first-order chi connectivity index (χ1) is 12.2. The van der Waals surface area contributed by atoms with Gasteiger partial charge in [0.1, 0.15) is 5.76 Å². The van der Waals surface area contributed by atoms with Crippen LogP contribution in [0.4, 0.5) is 11.4 Å². The highest BCUT2D eigenvalue weighted by molar-refractivity contribution is 5.92. The van der Waals surface area contributed by atoms with E-state index in [0.29, 0.717) is 13.1 Å². The summed E-state index contributed by atoms with van der Waals surface area (Å²) in [4.78, 5) is 16.6. The lowest BCUT2D eigenvalue weighted by atomic mass is 10.2. The highest BCUT2D eigenvalue weighted by atomic mass is 16.3. The quantitative estimate of drug-likeness (QED) is 0.870. The first-order valence-electron chi connectivity index (χ1n) is 9.06. The van der Waals surface area contributed by atoms with Crippen molar-refractivity contribution < 1.29 is 9.21 Å². The van der Waals surface area contributed by atoms with Crippen molar-refractivity contribution in [2.75, 3.05) is 36.9 Å². The molecule has 25 heavy (non-hydrogen) atoms. The molecule has 1 aromatic heterocycles. The van der Waals surface area contributed by atoms with Crippen molar-refractivity contribution in [1.82, 2.24) is 4.90 Å². The van der Waals surface area contributed by atoms with Gasteiger partial charge in [0.05, 0.1) is 19.4 Å². The van der Waals surface area contributed by atoms with Crippen molar-refractivity contribution in [3.8, 4) is 0 Å². The molecule has 1 aliphatic heterocycles. The van der Waals surface area contributed by atoms with E-state index in [1.807, 2.05) is 36.2 Å². The zero-order valence-electron chi connectivity index (χ0n) is 14.9. The van der Waals surface area contributed by atoms with Gasteiger partial charge in [-0.25, -0.2) is 0 Å². The third-order valence-electron chi connectivity index (χ3n) is 4.54. The van der Waals surface area contributed by atoms with Gasteiger partial charge < -0.3 is 14.6 Å². The minimum atomic E-state index is -0.0171. The predicted octanol–water partition coefficient (Wildman–Crippen LogP) is 3.73. The summed E-state index contributed by atoms with van der Waals surface area (Å²) < 4.78 is 5.31. The summed E-state index contributed by atoms with van der Waals surface area (Å²) in [5.74, 6) is 0.841. The monoisotopic (exact) mass is 341 g/mol. The summed E-state index contributed by atoms with van der Waals surface area (Å²) >= 11 is 0. The van der Waals surface area contributed by atoms with Gasteiger partial charge in [-0.2, -0.15) is 0 Å². The fraction of sp³-hybridized carbons (Fsp3) is 0.450. The first kappa shape index (κ1) is 17.5. The molecule has 1 aliphatic rings. The van der Waals surface area contributed by atoms with E-state index in [4.69, 9.17) is 4.42 Å². The average Bonchev–Trinajstić information content (AvgIpc) is 2.94. The third kappa shape index (κ3) is 5.36. The molecular weight excluding hydrogens is 314 g/mol. The Kier molecular flexibility index (Phi) is 6.12. The lowest BCUT2D eigenvalue weighted by Gasteiger charge is -2.23. The molecule has 2 aromatic rings. The van der Waals surface area contributed by atoms with Crippen molar-refractivity contribution in [2.24, 2.45) is 0 Å². The summed E-state index contributed by atoms with van der Waals surface area (Å²) in [7, 11) is 1.91. The minimum Gasteiger partial charge on any atom is -0.468 e. The lowest BCUT2D eigenvalue weighted by Crippen LogP contribution is -2.29. The van der Waals surface area contributed by atoms with Crippen LogP contribution in [0.25, 0.3) is 0 Å². The van der Waals surface area contributed by atoms with Crippen molar-refractivity contribution in [3.05, 3.63) is 48.4 Å². The maximum absolute atomic E-state index is 12.2. The molecule has 1 saturated heterocycles. The molecule has 0 aliphatic carbocycles. The number of hydrogen-bond donors (Lipinski definition) is 1. The normalized spacial score (nSPS) is 15.2. The molecule has 5 heteroatoms. The smallest absolute Gasteiger partial charge is 0.238 e. The van der Waals surface area contributed by atoms with Crippen LogP contribution in [-0.4, -0.2) is 37.5 Å². The number of likely N-dealkylation sites (N-methyl/N-ethyl adjacent to an activating group) is 1. The average molecular weight is 341 g/mol. The Bertz CT molecular complexity index is 644. The maximum atomic E-state index is 12.2. The number of nitrogens with one attached hydrogen (secondary N) is 1. The molecule has 0 spiro atoms. The van der Waals surface area contributed by atoms with Gasteiger partial charge in [-0.15, -0.1) is 0 Å². The Morgan fingerprint density at radius 1 is 1.12 bits per heavy atom. The van der Waals surface area contributed by atoms with Gasteiger partial charge in [-0.1, -0.05) is 12.8 Å². The second-order valence-electron chi connectivity index (χ2n) is 6.75. The van der Waals surface area contributed by atoms with Gasteiger partial charge in [0.15, 0.2) is 0 Å². The van der Waals surface area contributed by atoms with Crippen LogP contribution < -0.4 is 10.2 Å². The Hall–Kier alpha value is -2.27. The Labute approximate surface area is 149 Å². The number of rotatable bonds is 6. The van der Waals surface area contributed by atoms with Gasteiger partial charge >= 0.3 is 0 Å². The fourth-order valence-corrected chi connectivity index (χ4v) is 3.25. The predicted molar refractivity (Wildman–Crippen MR) is 101 cm³/mol. The summed E-state index contributed by atoms with van der Waals surface area (Å²) in [6.45, 7) is 3.20. The molecule has 134 valence electrons. The second-order valence-corrected chi connectivity index (χ2v) is 6.75. The SMILES string of the molecule is CN(CC(=O)Nc1ccc(N2CCCCCC2)cc1)Cc1ccco1. The molecule has 0 radical (unpaired) electrons. The number of anilines is 2. The largest absolute Gasteiger partial charge is 0.468 e. The van der Waals surface area contributed by atoms with Crippen LogP contribution in [0.15, 0.2) is 47.1 Å². The van der Waals surface area contributed by atoms with Crippen molar-refractivity contribution in [3.63, 3.8) is 0 Å².